The van der Waals surface area contributed by atoms with Crippen LogP contribution in [0.3, 0.4) is 0 Å². The van der Waals surface area contributed by atoms with E-state index in [1.165, 1.54) is 42.9 Å². The third-order valence-electron chi connectivity index (χ3n) is 6.64. The highest BCUT2D eigenvalue weighted by molar-refractivity contribution is 7.15. The van der Waals surface area contributed by atoms with Gasteiger partial charge in [-0.1, -0.05) is 6.42 Å². The lowest BCUT2D eigenvalue weighted by molar-refractivity contribution is -0.143. The van der Waals surface area contributed by atoms with Gasteiger partial charge in [0.15, 0.2) is 5.13 Å². The Morgan fingerprint density at radius 3 is 2.63 bits per heavy atom. The van der Waals surface area contributed by atoms with Crippen molar-refractivity contribution in [3.8, 4) is 0 Å². The van der Waals surface area contributed by atoms with Gasteiger partial charge in [-0.3, -0.25) is 9.69 Å². The summed E-state index contributed by atoms with van der Waals surface area (Å²) in [7, 11) is 0. The second-order valence-corrected chi connectivity index (χ2v) is 9.46. The van der Waals surface area contributed by atoms with Crippen molar-refractivity contribution in [3.05, 3.63) is 10.6 Å². The van der Waals surface area contributed by atoms with Gasteiger partial charge in [0.05, 0.1) is 18.9 Å². The normalized spacial score (nSPS) is 27.3. The van der Waals surface area contributed by atoms with Crippen molar-refractivity contribution in [3.63, 3.8) is 0 Å². The zero-order chi connectivity index (χ0) is 18.2. The van der Waals surface area contributed by atoms with Crippen LogP contribution >= 0.6 is 11.3 Å². The molecule has 3 saturated heterocycles. The Morgan fingerprint density at radius 2 is 1.85 bits per heavy atom. The van der Waals surface area contributed by atoms with Crippen LogP contribution in [0.5, 0.6) is 0 Å². The Kier molecular flexibility index (Phi) is 5.09. The number of aromatic nitrogens is 1. The third kappa shape index (κ3) is 3.61. The van der Waals surface area contributed by atoms with Gasteiger partial charge in [-0.25, -0.2) is 4.98 Å². The molecule has 7 heteroatoms. The third-order valence-corrected chi connectivity index (χ3v) is 7.86. The number of hydrogen-bond donors (Lipinski definition) is 0. The summed E-state index contributed by atoms with van der Waals surface area (Å²) in [4.78, 5) is 26.3. The number of likely N-dealkylation sites (tertiary alicyclic amines) is 2. The molecule has 27 heavy (non-hydrogen) atoms. The minimum Gasteiger partial charge on any atom is -0.378 e. The number of hydrogen-bond acceptors (Lipinski definition) is 6. The standard InChI is InChI=1S/C20H30N4O2S/c25-19(24-13-16(14-24)22-6-2-1-3-7-22)15-4-5-18-17(12-15)21-20(27-18)23-8-10-26-11-9-23/h15-16H,1-14H2. The largest absolute Gasteiger partial charge is 0.378 e. The summed E-state index contributed by atoms with van der Waals surface area (Å²) in [5, 5.41) is 1.13. The zero-order valence-electron chi connectivity index (χ0n) is 16.1. The number of carbonyl (C=O) groups excluding carboxylic acids is 1. The second kappa shape index (κ2) is 7.68. The number of fused-ring (bicyclic) bond motifs is 1. The molecule has 5 rings (SSSR count). The van der Waals surface area contributed by atoms with E-state index in [2.05, 4.69) is 14.7 Å². The van der Waals surface area contributed by atoms with Gasteiger partial charge in [0.2, 0.25) is 5.91 Å². The first-order valence-corrected chi connectivity index (χ1v) is 11.4. The Balaban J connectivity index is 1.17. The first kappa shape index (κ1) is 17.9. The summed E-state index contributed by atoms with van der Waals surface area (Å²) in [5.41, 5.74) is 1.18. The van der Waals surface area contributed by atoms with E-state index in [1.807, 2.05) is 11.3 Å². The van der Waals surface area contributed by atoms with E-state index >= 15 is 0 Å². The molecule has 0 spiro atoms. The van der Waals surface area contributed by atoms with Crippen LogP contribution in [0.15, 0.2) is 0 Å². The molecule has 1 aliphatic carbocycles. The van der Waals surface area contributed by atoms with E-state index in [4.69, 9.17) is 9.72 Å². The molecule has 1 amide bonds. The fourth-order valence-corrected chi connectivity index (χ4v) is 6.03. The summed E-state index contributed by atoms with van der Waals surface area (Å²) in [6.07, 6.45) is 6.85. The van der Waals surface area contributed by atoms with Crippen molar-refractivity contribution in [1.82, 2.24) is 14.8 Å². The predicted octanol–water partition coefficient (Wildman–Crippen LogP) is 1.78. The van der Waals surface area contributed by atoms with Crippen LogP contribution in [0, 0.1) is 5.92 Å². The number of ether oxygens (including phenoxy) is 1. The summed E-state index contributed by atoms with van der Waals surface area (Å²) >= 11 is 1.83. The molecule has 0 bridgehead atoms. The summed E-state index contributed by atoms with van der Waals surface area (Å²) in [6.45, 7) is 7.78. The number of morpholine rings is 1. The average Bonchev–Trinajstić information content (AvgIpc) is 3.11. The molecule has 3 aliphatic heterocycles. The maximum absolute atomic E-state index is 13.0. The average molecular weight is 391 g/mol. The Bertz CT molecular complexity index is 676. The molecule has 1 aromatic heterocycles. The molecule has 1 atom stereocenters. The monoisotopic (exact) mass is 390 g/mol. The first-order valence-electron chi connectivity index (χ1n) is 10.6. The van der Waals surface area contributed by atoms with Crippen LogP contribution in [0.4, 0.5) is 5.13 Å². The van der Waals surface area contributed by atoms with Crippen molar-refractivity contribution in [2.24, 2.45) is 5.92 Å². The fraction of sp³-hybridized carbons (Fsp3) is 0.800. The number of carbonyl (C=O) groups is 1. The van der Waals surface area contributed by atoms with E-state index < -0.39 is 0 Å². The maximum Gasteiger partial charge on any atom is 0.226 e. The van der Waals surface area contributed by atoms with Gasteiger partial charge in [0, 0.05) is 49.4 Å². The molecule has 0 saturated carbocycles. The summed E-state index contributed by atoms with van der Waals surface area (Å²) in [6, 6.07) is 0.612. The first-order chi connectivity index (χ1) is 13.3. The van der Waals surface area contributed by atoms with Gasteiger partial charge in [0.25, 0.3) is 0 Å². The fourth-order valence-electron chi connectivity index (χ4n) is 4.87. The molecule has 1 aromatic rings. The molecular formula is C20H30N4O2S. The van der Waals surface area contributed by atoms with Gasteiger partial charge < -0.3 is 14.5 Å². The quantitative estimate of drug-likeness (QED) is 0.787. The van der Waals surface area contributed by atoms with Crippen molar-refractivity contribution in [1.29, 1.82) is 0 Å². The van der Waals surface area contributed by atoms with Crippen LogP contribution in [-0.4, -0.2) is 79.2 Å². The molecule has 3 fully saturated rings. The van der Waals surface area contributed by atoms with Crippen molar-refractivity contribution in [2.45, 2.75) is 44.6 Å². The second-order valence-electron chi connectivity index (χ2n) is 8.40. The molecule has 148 valence electrons. The number of aryl methyl sites for hydroxylation is 1. The molecule has 4 heterocycles. The minimum absolute atomic E-state index is 0.138. The molecular weight excluding hydrogens is 360 g/mol. The number of thiazole rings is 1. The van der Waals surface area contributed by atoms with Crippen molar-refractivity contribution >= 4 is 22.4 Å². The number of rotatable bonds is 3. The summed E-state index contributed by atoms with van der Waals surface area (Å²) in [5.74, 6) is 0.509. The topological polar surface area (TPSA) is 48.9 Å². The van der Waals surface area contributed by atoms with Crippen LogP contribution < -0.4 is 4.90 Å². The van der Waals surface area contributed by atoms with E-state index in [9.17, 15) is 4.79 Å². The molecule has 6 nitrogen and oxygen atoms in total. The molecule has 0 radical (unpaired) electrons. The smallest absolute Gasteiger partial charge is 0.226 e. The highest BCUT2D eigenvalue weighted by Crippen LogP contribution is 2.35. The van der Waals surface area contributed by atoms with Gasteiger partial charge in [-0.05, 0) is 38.8 Å². The van der Waals surface area contributed by atoms with E-state index in [0.717, 1.165) is 63.8 Å². The number of piperidine rings is 1. The zero-order valence-corrected chi connectivity index (χ0v) is 16.9. The van der Waals surface area contributed by atoms with Crippen LogP contribution in [0.25, 0.3) is 0 Å². The van der Waals surface area contributed by atoms with E-state index in [0.29, 0.717) is 11.9 Å². The van der Waals surface area contributed by atoms with Gasteiger partial charge in [-0.15, -0.1) is 11.3 Å². The highest BCUT2D eigenvalue weighted by Gasteiger charge is 2.39. The maximum atomic E-state index is 13.0. The lowest BCUT2D eigenvalue weighted by Crippen LogP contribution is -2.63. The van der Waals surface area contributed by atoms with Gasteiger partial charge >= 0.3 is 0 Å². The van der Waals surface area contributed by atoms with Gasteiger partial charge in [0.1, 0.15) is 0 Å². The lowest BCUT2D eigenvalue weighted by atomic mass is 9.88. The highest BCUT2D eigenvalue weighted by atomic mass is 32.1. The minimum atomic E-state index is 0.138. The molecule has 4 aliphatic rings. The van der Waals surface area contributed by atoms with E-state index in [1.54, 1.807) is 0 Å². The number of amides is 1. The Morgan fingerprint density at radius 1 is 1.07 bits per heavy atom. The Hall–Kier alpha value is -1.18. The van der Waals surface area contributed by atoms with Crippen LogP contribution in [0.1, 0.15) is 36.3 Å². The Labute approximate surface area is 165 Å². The SMILES string of the molecule is O=C(C1CCc2sc(N3CCOCC3)nc2C1)N1CC(N2CCCCC2)C1. The lowest BCUT2D eigenvalue weighted by Gasteiger charge is -2.47. The van der Waals surface area contributed by atoms with Gasteiger partial charge in [-0.2, -0.15) is 0 Å². The van der Waals surface area contributed by atoms with Crippen molar-refractivity contribution in [2.75, 3.05) is 57.4 Å². The predicted molar refractivity (Wildman–Crippen MR) is 106 cm³/mol. The van der Waals surface area contributed by atoms with E-state index in [-0.39, 0.29) is 5.92 Å². The number of anilines is 1. The summed E-state index contributed by atoms with van der Waals surface area (Å²) < 4.78 is 5.45. The molecule has 1 unspecified atom stereocenters. The number of nitrogens with zero attached hydrogens (tertiary/aromatic N) is 4. The molecule has 0 aromatic carbocycles. The van der Waals surface area contributed by atoms with Crippen LogP contribution in [-0.2, 0) is 22.4 Å². The van der Waals surface area contributed by atoms with Crippen molar-refractivity contribution < 1.29 is 9.53 Å². The van der Waals surface area contributed by atoms with Crippen LogP contribution in [0.2, 0.25) is 0 Å². The molecule has 0 N–H and O–H groups in total.